The summed E-state index contributed by atoms with van der Waals surface area (Å²) < 4.78 is 65.6. The van der Waals surface area contributed by atoms with E-state index in [1.807, 2.05) is 66.9 Å². The summed E-state index contributed by atoms with van der Waals surface area (Å²) in [6, 6.07) is 23.7. The molecule has 0 saturated carbocycles. The molecular weight excluding hydrogens is 673 g/mol. The summed E-state index contributed by atoms with van der Waals surface area (Å²) in [7, 11) is 3.20. The van der Waals surface area contributed by atoms with Gasteiger partial charge in [-0.25, -0.2) is 4.98 Å². The molecule has 0 saturated heterocycles. The number of nitrogens with zero attached hydrogens (tertiary/aromatic N) is 2. The van der Waals surface area contributed by atoms with Crippen LogP contribution in [0.15, 0.2) is 84.9 Å². The molecule has 1 amide bonds. The first-order valence-electron chi connectivity index (χ1n) is 16.8. The van der Waals surface area contributed by atoms with Gasteiger partial charge in [-0.05, 0) is 91.2 Å². The van der Waals surface area contributed by atoms with Crippen LogP contribution in [0.2, 0.25) is 0 Å². The molecule has 5 rings (SSSR count). The molecule has 0 spiro atoms. The SMILES string of the molecule is COc1ccc(-c2nc(-c3cccc(C(F)(F)F)c3)n(Cc3ccc(C(=O)NCCOCCOCCN)cc3)c2-c2ccc(OC)c(C)c2)cc1C. The van der Waals surface area contributed by atoms with Crippen molar-refractivity contribution in [2.24, 2.45) is 5.73 Å². The van der Waals surface area contributed by atoms with E-state index in [4.69, 9.17) is 29.7 Å². The Bertz CT molecular complexity index is 1980. The molecule has 0 radical (unpaired) electrons. The molecule has 52 heavy (non-hydrogen) atoms. The molecule has 274 valence electrons. The average molecular weight is 717 g/mol. The molecule has 0 aliphatic carbocycles. The molecule has 0 bridgehead atoms. The summed E-state index contributed by atoms with van der Waals surface area (Å²) in [4.78, 5) is 17.9. The van der Waals surface area contributed by atoms with Crippen LogP contribution in [0.4, 0.5) is 13.2 Å². The van der Waals surface area contributed by atoms with Crippen LogP contribution < -0.4 is 20.5 Å². The summed E-state index contributed by atoms with van der Waals surface area (Å²) in [5, 5.41) is 2.85. The number of nitrogens with one attached hydrogen (secondary N) is 1. The third kappa shape index (κ3) is 9.19. The summed E-state index contributed by atoms with van der Waals surface area (Å²) >= 11 is 0. The fourth-order valence-corrected chi connectivity index (χ4v) is 5.90. The molecule has 0 aliphatic rings. The fourth-order valence-electron chi connectivity index (χ4n) is 5.90. The molecule has 3 N–H and O–H groups in total. The smallest absolute Gasteiger partial charge is 0.416 e. The van der Waals surface area contributed by atoms with E-state index < -0.39 is 11.7 Å². The van der Waals surface area contributed by atoms with Gasteiger partial charge in [-0.1, -0.05) is 24.3 Å². The molecule has 0 unspecified atom stereocenters. The van der Waals surface area contributed by atoms with Crippen molar-refractivity contribution in [1.29, 1.82) is 0 Å². The van der Waals surface area contributed by atoms with Crippen molar-refractivity contribution in [3.63, 3.8) is 0 Å². The van der Waals surface area contributed by atoms with Gasteiger partial charge in [0.15, 0.2) is 0 Å². The van der Waals surface area contributed by atoms with Gasteiger partial charge in [-0.2, -0.15) is 13.2 Å². The second kappa shape index (κ2) is 17.4. The normalized spacial score (nSPS) is 11.5. The Hall–Kier alpha value is -5.17. The largest absolute Gasteiger partial charge is 0.496 e. The number of nitrogens with two attached hydrogens (primary N) is 1. The first kappa shape index (κ1) is 38.1. The third-order valence-corrected chi connectivity index (χ3v) is 8.48. The van der Waals surface area contributed by atoms with Gasteiger partial charge in [-0.15, -0.1) is 0 Å². The van der Waals surface area contributed by atoms with Crippen LogP contribution in [0, 0.1) is 13.8 Å². The second-order valence-electron chi connectivity index (χ2n) is 12.1. The van der Waals surface area contributed by atoms with Crippen molar-refractivity contribution in [3.8, 4) is 45.4 Å². The summed E-state index contributed by atoms with van der Waals surface area (Å²) in [6.07, 6.45) is -4.54. The van der Waals surface area contributed by atoms with Crippen LogP contribution in [-0.4, -0.2) is 69.2 Å². The Balaban J connectivity index is 1.55. The number of benzene rings is 4. The van der Waals surface area contributed by atoms with Gasteiger partial charge in [0, 0.05) is 41.9 Å². The number of halogens is 3. The van der Waals surface area contributed by atoms with Crippen molar-refractivity contribution in [2.75, 3.05) is 53.7 Å². The number of aryl methyl sites for hydroxylation is 2. The zero-order valence-corrected chi connectivity index (χ0v) is 29.7. The fraction of sp³-hybridized carbons (Fsp3) is 0.300. The van der Waals surface area contributed by atoms with E-state index in [2.05, 4.69) is 5.32 Å². The standard InChI is InChI=1S/C40H43F3N4O5/c1-26-22-30(12-14-34(26)49-3)36-37(31-13-15-35(50-4)27(2)23-31)47(38(46-36)32-6-5-7-33(24-32)40(41,42)43)25-28-8-10-29(11-9-28)39(48)45-17-19-52-21-20-51-18-16-44/h5-15,22-24H,16-21,25,44H2,1-4H3,(H,45,48). The van der Waals surface area contributed by atoms with Gasteiger partial charge in [0.05, 0.1) is 57.6 Å². The maximum absolute atomic E-state index is 14.0. The maximum Gasteiger partial charge on any atom is 0.416 e. The number of amides is 1. The lowest BCUT2D eigenvalue weighted by atomic mass is 10.0. The van der Waals surface area contributed by atoms with E-state index >= 15 is 0 Å². The topological polar surface area (TPSA) is 110 Å². The number of rotatable bonds is 16. The van der Waals surface area contributed by atoms with Crippen LogP contribution >= 0.6 is 0 Å². The maximum atomic E-state index is 14.0. The predicted octanol–water partition coefficient (Wildman–Crippen LogP) is 7.31. The Labute approximate surface area is 301 Å². The molecule has 5 aromatic rings. The molecule has 1 aromatic heterocycles. The lowest BCUT2D eigenvalue weighted by Gasteiger charge is -2.16. The molecule has 0 atom stereocenters. The highest BCUT2D eigenvalue weighted by atomic mass is 19.4. The highest BCUT2D eigenvalue weighted by Crippen LogP contribution is 2.40. The Kier molecular flexibility index (Phi) is 12.7. The monoisotopic (exact) mass is 716 g/mol. The van der Waals surface area contributed by atoms with Crippen LogP contribution in [0.1, 0.15) is 32.6 Å². The van der Waals surface area contributed by atoms with Crippen molar-refractivity contribution < 1.29 is 36.9 Å². The van der Waals surface area contributed by atoms with E-state index in [1.54, 1.807) is 32.4 Å². The van der Waals surface area contributed by atoms with Gasteiger partial charge in [0.1, 0.15) is 17.3 Å². The molecule has 4 aromatic carbocycles. The van der Waals surface area contributed by atoms with Gasteiger partial charge >= 0.3 is 6.18 Å². The number of aromatic nitrogens is 2. The van der Waals surface area contributed by atoms with Crippen molar-refractivity contribution >= 4 is 5.91 Å². The number of ether oxygens (including phenoxy) is 4. The quantitative estimate of drug-likeness (QED) is 0.103. The lowest BCUT2D eigenvalue weighted by Crippen LogP contribution is -2.27. The first-order valence-corrected chi connectivity index (χ1v) is 16.8. The van der Waals surface area contributed by atoms with Gasteiger partial charge in [0.25, 0.3) is 5.91 Å². The number of carbonyl (C=O) groups excluding carboxylic acids is 1. The first-order chi connectivity index (χ1) is 25.0. The minimum absolute atomic E-state index is 0.246. The van der Waals surface area contributed by atoms with E-state index in [0.717, 1.165) is 39.9 Å². The van der Waals surface area contributed by atoms with Gasteiger partial charge in [-0.3, -0.25) is 4.79 Å². The average Bonchev–Trinajstić information content (AvgIpc) is 3.51. The summed E-state index contributed by atoms with van der Waals surface area (Å²) in [5.74, 6) is 1.50. The molecular formula is C40H43F3N4O5. The van der Waals surface area contributed by atoms with Crippen molar-refractivity contribution in [1.82, 2.24) is 14.9 Å². The Morgan fingerprint density at radius 1 is 0.788 bits per heavy atom. The molecule has 0 fully saturated rings. The summed E-state index contributed by atoms with van der Waals surface area (Å²) in [5.41, 5.74) is 10.8. The zero-order chi connectivity index (χ0) is 37.3. The van der Waals surface area contributed by atoms with Gasteiger partial charge in [0.2, 0.25) is 0 Å². The van der Waals surface area contributed by atoms with Crippen LogP contribution in [-0.2, 0) is 22.2 Å². The minimum Gasteiger partial charge on any atom is -0.496 e. The molecule has 9 nitrogen and oxygen atoms in total. The van der Waals surface area contributed by atoms with E-state index in [-0.39, 0.29) is 12.5 Å². The lowest BCUT2D eigenvalue weighted by molar-refractivity contribution is -0.137. The third-order valence-electron chi connectivity index (χ3n) is 8.48. The number of imidazole rings is 1. The Morgan fingerprint density at radius 2 is 1.42 bits per heavy atom. The number of carbonyl (C=O) groups is 1. The van der Waals surface area contributed by atoms with E-state index in [9.17, 15) is 18.0 Å². The number of alkyl halides is 3. The van der Waals surface area contributed by atoms with Crippen molar-refractivity contribution in [3.05, 3.63) is 113 Å². The van der Waals surface area contributed by atoms with E-state index in [0.29, 0.717) is 79.4 Å². The van der Waals surface area contributed by atoms with Crippen molar-refractivity contribution in [2.45, 2.75) is 26.6 Å². The minimum atomic E-state index is -4.54. The van der Waals surface area contributed by atoms with Crippen LogP contribution in [0.3, 0.4) is 0 Å². The predicted molar refractivity (Wildman–Crippen MR) is 195 cm³/mol. The number of methoxy groups -OCH3 is 2. The summed E-state index contributed by atoms with van der Waals surface area (Å²) in [6.45, 7) is 6.51. The Morgan fingerprint density at radius 3 is 2.04 bits per heavy atom. The second-order valence-corrected chi connectivity index (χ2v) is 12.1. The highest BCUT2D eigenvalue weighted by Gasteiger charge is 2.31. The molecule has 0 aliphatic heterocycles. The highest BCUT2D eigenvalue weighted by molar-refractivity contribution is 5.94. The molecule has 12 heteroatoms. The number of hydrogen-bond donors (Lipinski definition) is 2. The van der Waals surface area contributed by atoms with Crippen LogP contribution in [0.25, 0.3) is 33.9 Å². The van der Waals surface area contributed by atoms with E-state index in [1.165, 1.54) is 6.07 Å². The van der Waals surface area contributed by atoms with Gasteiger partial charge < -0.3 is 34.6 Å². The number of hydrogen-bond acceptors (Lipinski definition) is 7. The van der Waals surface area contributed by atoms with Crippen LogP contribution in [0.5, 0.6) is 11.5 Å². The molecule has 1 heterocycles. The zero-order valence-electron chi connectivity index (χ0n) is 29.7.